The van der Waals surface area contributed by atoms with Crippen molar-refractivity contribution in [2.45, 2.75) is 362 Å². The van der Waals surface area contributed by atoms with Crippen molar-refractivity contribution in [1.82, 2.24) is 0 Å². The molecule has 2 unspecified atom stereocenters. The highest BCUT2D eigenvalue weighted by Gasteiger charge is 2.30. The molecule has 87 heavy (non-hydrogen) atoms. The van der Waals surface area contributed by atoms with E-state index in [-0.39, 0.29) is 25.7 Å². The second-order valence-electron chi connectivity index (χ2n) is 25.5. The van der Waals surface area contributed by atoms with E-state index in [9.17, 15) is 43.2 Å². The van der Waals surface area contributed by atoms with Crippen LogP contribution in [0.3, 0.4) is 0 Å². The Balaban J connectivity index is 5.13. The summed E-state index contributed by atoms with van der Waals surface area (Å²) < 4.78 is 68.0. The zero-order chi connectivity index (χ0) is 64.3. The van der Waals surface area contributed by atoms with Gasteiger partial charge < -0.3 is 33.8 Å². The van der Waals surface area contributed by atoms with Gasteiger partial charge in [0.15, 0.2) is 12.2 Å². The van der Waals surface area contributed by atoms with E-state index in [1.807, 2.05) is 0 Å². The van der Waals surface area contributed by atoms with Crippen molar-refractivity contribution in [3.05, 3.63) is 0 Å². The molecule has 0 spiro atoms. The van der Waals surface area contributed by atoms with Crippen molar-refractivity contribution >= 4 is 39.5 Å². The molecular weight excluding hydrogens is 1150 g/mol. The molecule has 0 aliphatic carbocycles. The predicted molar refractivity (Wildman–Crippen MR) is 349 cm³/mol. The highest BCUT2D eigenvalue weighted by Crippen LogP contribution is 2.45. The van der Waals surface area contributed by atoms with E-state index < -0.39 is 97.5 Å². The summed E-state index contributed by atoms with van der Waals surface area (Å²) in [6.07, 6.45) is 44.9. The molecular formula is C68H132O17P2. The van der Waals surface area contributed by atoms with E-state index in [0.29, 0.717) is 25.7 Å². The predicted octanol–water partition coefficient (Wildman–Crippen LogP) is 19.2. The number of esters is 4. The number of unbranched alkanes of at least 4 members (excludes halogenated alkanes) is 37. The number of hydrogen-bond donors (Lipinski definition) is 3. The van der Waals surface area contributed by atoms with Gasteiger partial charge in [0.05, 0.1) is 26.4 Å². The summed E-state index contributed by atoms with van der Waals surface area (Å²) in [5.74, 6) is -0.611. The van der Waals surface area contributed by atoms with Crippen molar-refractivity contribution in [3.8, 4) is 0 Å². The van der Waals surface area contributed by atoms with Crippen LogP contribution in [0.4, 0.5) is 0 Å². The van der Waals surface area contributed by atoms with E-state index in [2.05, 4.69) is 41.5 Å². The summed E-state index contributed by atoms with van der Waals surface area (Å²) in [7, 11) is -9.89. The Hall–Kier alpha value is -1.94. The van der Waals surface area contributed by atoms with Crippen LogP contribution in [0.1, 0.15) is 343 Å². The van der Waals surface area contributed by atoms with E-state index in [4.69, 9.17) is 37.0 Å². The fourth-order valence-corrected chi connectivity index (χ4v) is 11.8. The third kappa shape index (κ3) is 62.6. The highest BCUT2D eigenvalue weighted by atomic mass is 31.2. The first-order valence-electron chi connectivity index (χ1n) is 35.5. The molecule has 0 bridgehead atoms. The van der Waals surface area contributed by atoms with Gasteiger partial charge in [0, 0.05) is 25.7 Å². The molecule has 0 fully saturated rings. The lowest BCUT2D eigenvalue weighted by atomic mass is 10.0. The smallest absolute Gasteiger partial charge is 0.462 e. The molecule has 0 aromatic carbocycles. The minimum Gasteiger partial charge on any atom is -0.462 e. The number of phosphoric ester groups is 2. The minimum absolute atomic E-state index is 0.104. The average Bonchev–Trinajstić information content (AvgIpc) is 3.69. The third-order valence-electron chi connectivity index (χ3n) is 15.7. The van der Waals surface area contributed by atoms with Crippen LogP contribution in [0.5, 0.6) is 0 Å². The van der Waals surface area contributed by atoms with Crippen molar-refractivity contribution < 1.29 is 80.2 Å². The largest absolute Gasteiger partial charge is 0.472 e. The van der Waals surface area contributed by atoms with E-state index in [0.717, 1.165) is 108 Å². The second-order valence-corrected chi connectivity index (χ2v) is 28.4. The first kappa shape index (κ1) is 85.1. The number of hydrogen-bond acceptors (Lipinski definition) is 15. The normalized spacial score (nSPS) is 14.2. The molecule has 19 heteroatoms. The molecule has 0 radical (unpaired) electrons. The molecule has 0 saturated carbocycles. The highest BCUT2D eigenvalue weighted by molar-refractivity contribution is 7.47. The van der Waals surface area contributed by atoms with Gasteiger partial charge in [0.25, 0.3) is 0 Å². The SMILES string of the molecule is CCCCCCCCCCCCCCC(=O)OC[C@H](COP(=O)(O)OC[C@@H](O)COP(=O)(O)OC[C@@H](COC(=O)CCCCCCC)OC(=O)CCCCCCCCCCC(C)C)OC(=O)CCCCCCCCCCCCCCCCCCC(C)C. The Morgan fingerprint density at radius 1 is 0.310 bits per heavy atom. The van der Waals surface area contributed by atoms with Crippen LogP contribution >= 0.6 is 15.6 Å². The van der Waals surface area contributed by atoms with Crippen molar-refractivity contribution in [1.29, 1.82) is 0 Å². The standard InChI is InChI=1S/C68H132O17P2/c1-7-9-11-13-14-15-16-24-27-33-39-45-51-66(71)79-57-64(85-67(72)52-46-40-34-28-25-22-20-18-17-19-21-23-26-31-37-42-48-60(3)4)59-83-87(76,77)81-55-62(69)54-80-86(74,75)82-58-63(56-78-65(70)50-44-36-12-10-8-2)84-68(73)53-47-41-35-30-29-32-38-43-49-61(5)6/h60-64,69H,7-59H2,1-6H3,(H,74,75)(H,76,77)/t62-,63+,64+/m0/s1. The Morgan fingerprint density at radius 2 is 0.529 bits per heavy atom. The van der Waals surface area contributed by atoms with E-state index in [1.54, 1.807) is 0 Å². The molecule has 3 N–H and O–H groups in total. The molecule has 17 nitrogen and oxygen atoms in total. The summed E-state index contributed by atoms with van der Waals surface area (Å²) in [5.41, 5.74) is 0. The fraction of sp³-hybridized carbons (Fsp3) is 0.941. The van der Waals surface area contributed by atoms with Gasteiger partial charge >= 0.3 is 39.5 Å². The van der Waals surface area contributed by atoms with Gasteiger partial charge in [-0.05, 0) is 37.5 Å². The zero-order valence-corrected chi connectivity index (χ0v) is 58.1. The molecule has 0 aliphatic rings. The van der Waals surface area contributed by atoms with Gasteiger partial charge in [-0.25, -0.2) is 9.13 Å². The van der Waals surface area contributed by atoms with Crippen LogP contribution in [0, 0.1) is 11.8 Å². The molecule has 0 aromatic heterocycles. The number of rotatable bonds is 67. The van der Waals surface area contributed by atoms with Crippen molar-refractivity contribution in [2.24, 2.45) is 11.8 Å². The lowest BCUT2D eigenvalue weighted by Crippen LogP contribution is -2.30. The van der Waals surface area contributed by atoms with E-state index >= 15 is 0 Å². The number of aliphatic hydroxyl groups excluding tert-OH is 1. The summed E-state index contributed by atoms with van der Waals surface area (Å²) >= 11 is 0. The Morgan fingerprint density at radius 3 is 0.782 bits per heavy atom. The first-order valence-corrected chi connectivity index (χ1v) is 38.5. The van der Waals surface area contributed by atoms with Crippen LogP contribution in [0.2, 0.25) is 0 Å². The van der Waals surface area contributed by atoms with Crippen molar-refractivity contribution in [3.63, 3.8) is 0 Å². The van der Waals surface area contributed by atoms with Crippen LogP contribution in [-0.4, -0.2) is 96.7 Å². The monoisotopic (exact) mass is 1280 g/mol. The lowest BCUT2D eigenvalue weighted by molar-refractivity contribution is -0.161. The number of carbonyl (C=O) groups is 4. The first-order chi connectivity index (χ1) is 41.9. The van der Waals surface area contributed by atoms with Gasteiger partial charge in [-0.2, -0.15) is 0 Å². The molecule has 0 amide bonds. The maximum atomic E-state index is 13.0. The maximum absolute atomic E-state index is 13.0. The van der Waals surface area contributed by atoms with Gasteiger partial charge in [-0.3, -0.25) is 37.3 Å². The Bertz CT molecular complexity index is 1700. The van der Waals surface area contributed by atoms with Gasteiger partial charge in [0.1, 0.15) is 19.3 Å². The third-order valence-corrected chi connectivity index (χ3v) is 17.6. The molecule has 0 rings (SSSR count). The number of phosphoric acid groups is 2. The topological polar surface area (TPSA) is 237 Å². The summed E-state index contributed by atoms with van der Waals surface area (Å²) in [4.78, 5) is 72.1. The van der Waals surface area contributed by atoms with Crippen LogP contribution in [0.15, 0.2) is 0 Å². The molecule has 5 atom stereocenters. The summed E-state index contributed by atoms with van der Waals surface area (Å²) in [6.45, 7) is 9.43. The Kier molecular flexibility index (Phi) is 59.0. The van der Waals surface area contributed by atoms with Crippen LogP contribution in [-0.2, 0) is 65.4 Å². The average molecular weight is 1280 g/mol. The van der Waals surface area contributed by atoms with E-state index in [1.165, 1.54) is 154 Å². The summed E-state index contributed by atoms with van der Waals surface area (Å²) in [6, 6.07) is 0. The second kappa shape index (κ2) is 60.3. The van der Waals surface area contributed by atoms with Gasteiger partial charge in [-0.15, -0.1) is 0 Å². The van der Waals surface area contributed by atoms with Gasteiger partial charge in [0.2, 0.25) is 0 Å². The fourth-order valence-electron chi connectivity index (χ4n) is 10.2. The summed E-state index contributed by atoms with van der Waals surface area (Å²) in [5, 5.41) is 10.5. The molecule has 0 aromatic rings. The molecule has 0 saturated heterocycles. The van der Waals surface area contributed by atoms with Crippen molar-refractivity contribution in [2.75, 3.05) is 39.6 Å². The lowest BCUT2D eigenvalue weighted by Gasteiger charge is -2.21. The molecule has 516 valence electrons. The quantitative estimate of drug-likeness (QED) is 0.0222. The minimum atomic E-state index is -4.95. The molecule has 0 heterocycles. The number of carbonyl (C=O) groups excluding carboxylic acids is 4. The molecule has 0 aliphatic heterocycles. The van der Waals surface area contributed by atoms with Crippen LogP contribution in [0.25, 0.3) is 0 Å². The van der Waals surface area contributed by atoms with Gasteiger partial charge in [-0.1, -0.05) is 292 Å². The maximum Gasteiger partial charge on any atom is 0.472 e. The van der Waals surface area contributed by atoms with Crippen LogP contribution < -0.4 is 0 Å². The number of aliphatic hydroxyl groups is 1. The number of ether oxygens (including phenoxy) is 4. The zero-order valence-electron chi connectivity index (χ0n) is 56.3. The Labute approximate surface area is 530 Å².